The second kappa shape index (κ2) is 10.2. The summed E-state index contributed by atoms with van der Waals surface area (Å²) in [5, 5.41) is 4.26. The molecule has 4 aromatic rings. The lowest BCUT2D eigenvalue weighted by atomic mass is 9.99. The van der Waals surface area contributed by atoms with Gasteiger partial charge in [-0.25, -0.2) is 22.0 Å². The van der Waals surface area contributed by atoms with Crippen molar-refractivity contribution in [2.24, 2.45) is 0 Å². The van der Waals surface area contributed by atoms with Gasteiger partial charge in [-0.15, -0.1) is 0 Å². The molecule has 0 saturated carbocycles. The Morgan fingerprint density at radius 2 is 1.71 bits per heavy atom. The normalized spacial score (nSPS) is 11.9. The predicted octanol–water partition coefficient (Wildman–Crippen LogP) is 4.58. The molecule has 0 radical (unpaired) electrons. The maximum Gasteiger partial charge on any atom is 0.417 e. The van der Waals surface area contributed by atoms with Gasteiger partial charge in [-0.3, -0.25) is 9.59 Å². The van der Waals surface area contributed by atoms with Crippen LogP contribution in [0.3, 0.4) is 0 Å². The van der Waals surface area contributed by atoms with Crippen LogP contribution in [0.15, 0.2) is 71.8 Å². The van der Waals surface area contributed by atoms with Crippen LogP contribution < -0.4 is 4.72 Å². The molecular formula is C25H19F4N3O5S. The summed E-state index contributed by atoms with van der Waals surface area (Å²) >= 11 is 0. The van der Waals surface area contributed by atoms with Crippen LogP contribution >= 0.6 is 0 Å². The smallest absolute Gasteiger partial charge is 0.417 e. The summed E-state index contributed by atoms with van der Waals surface area (Å²) in [7, 11) is -3.14. The number of benzene rings is 2. The third kappa shape index (κ3) is 5.67. The van der Waals surface area contributed by atoms with Crippen molar-refractivity contribution in [3.63, 3.8) is 0 Å². The zero-order valence-corrected chi connectivity index (χ0v) is 20.4. The predicted molar refractivity (Wildman–Crippen MR) is 128 cm³/mol. The summed E-state index contributed by atoms with van der Waals surface area (Å²) in [6, 6.07) is 12.7. The molecule has 8 nitrogen and oxygen atoms in total. The molecule has 2 aromatic heterocycles. The maximum absolute atomic E-state index is 14.0. The lowest BCUT2D eigenvalue weighted by Gasteiger charge is -2.09. The summed E-state index contributed by atoms with van der Waals surface area (Å²) in [5.74, 6) is -2.16. The quantitative estimate of drug-likeness (QED) is 0.267. The van der Waals surface area contributed by atoms with E-state index in [-0.39, 0.29) is 22.5 Å². The summed E-state index contributed by atoms with van der Waals surface area (Å²) in [6.45, 7) is 0. The van der Waals surface area contributed by atoms with Crippen molar-refractivity contribution < 1.29 is 40.3 Å². The minimum Gasteiger partial charge on any atom is -0.469 e. The van der Waals surface area contributed by atoms with E-state index in [1.807, 2.05) is 4.72 Å². The number of nitrogens with one attached hydrogen (secondary N) is 1. The fourth-order valence-corrected chi connectivity index (χ4v) is 4.73. The van der Waals surface area contributed by atoms with Gasteiger partial charge in [-0.1, -0.05) is 24.3 Å². The zero-order chi connectivity index (χ0) is 27.7. The molecular weight excluding hydrogens is 530 g/mol. The average molecular weight is 550 g/mol. The molecule has 198 valence electrons. The number of alkyl halides is 3. The number of esters is 1. The number of aromatic nitrogens is 2. The van der Waals surface area contributed by atoms with Crippen molar-refractivity contribution >= 4 is 27.4 Å². The molecule has 0 unspecified atom stereocenters. The fraction of sp³-hybridized carbons (Fsp3) is 0.160. The van der Waals surface area contributed by atoms with Crippen LogP contribution in [0.4, 0.5) is 17.6 Å². The number of pyridine rings is 1. The first kappa shape index (κ1) is 26.8. The summed E-state index contributed by atoms with van der Waals surface area (Å²) < 4.78 is 86.3. The van der Waals surface area contributed by atoms with Gasteiger partial charge in [-0.05, 0) is 42.0 Å². The lowest BCUT2D eigenvalue weighted by Crippen LogP contribution is -2.30. The Hall–Kier alpha value is -4.26. The number of halogens is 4. The van der Waals surface area contributed by atoms with Crippen molar-refractivity contribution in [3.8, 4) is 22.4 Å². The summed E-state index contributed by atoms with van der Waals surface area (Å²) in [4.78, 5) is 22.9. The Morgan fingerprint density at radius 3 is 2.34 bits per heavy atom. The third-order valence-corrected chi connectivity index (χ3v) is 6.93. The van der Waals surface area contributed by atoms with E-state index < -0.39 is 45.9 Å². The van der Waals surface area contributed by atoms with E-state index in [0.717, 1.165) is 23.9 Å². The van der Waals surface area contributed by atoms with E-state index in [2.05, 4.69) is 9.84 Å². The minimum absolute atomic E-state index is 0.176. The van der Waals surface area contributed by atoms with Crippen LogP contribution in [-0.2, 0) is 30.5 Å². The van der Waals surface area contributed by atoms with E-state index in [9.17, 15) is 35.6 Å². The fourth-order valence-electron chi connectivity index (χ4n) is 3.72. The Balaban J connectivity index is 1.74. The monoisotopic (exact) mass is 549 g/mol. The molecule has 0 saturated heterocycles. The zero-order valence-electron chi connectivity index (χ0n) is 19.6. The number of nitrogens with zero attached hydrogens (tertiary/aromatic N) is 2. The van der Waals surface area contributed by atoms with Crippen molar-refractivity contribution in [3.05, 3.63) is 78.2 Å². The van der Waals surface area contributed by atoms with E-state index >= 15 is 0 Å². The molecule has 0 atom stereocenters. The molecule has 38 heavy (non-hydrogen) atoms. The number of hydrogen-bond donors (Lipinski definition) is 1. The van der Waals surface area contributed by atoms with Crippen LogP contribution in [0.25, 0.3) is 27.9 Å². The van der Waals surface area contributed by atoms with Crippen LogP contribution in [0.5, 0.6) is 0 Å². The number of amides is 1. The SMILES string of the molecule is COC(=O)CCC(=O)NS(=O)(=O)c1ccc(-c2c(-c3cccc(F)c3)nn3cc(C(F)(F)F)ccc23)cc1. The van der Waals surface area contributed by atoms with Gasteiger partial charge in [0.2, 0.25) is 5.91 Å². The Kier molecular flexibility index (Phi) is 7.22. The molecule has 1 N–H and O–H groups in total. The van der Waals surface area contributed by atoms with Gasteiger partial charge in [0.05, 0.1) is 29.5 Å². The number of carbonyl (C=O) groups is 2. The summed E-state index contributed by atoms with van der Waals surface area (Å²) in [6.07, 6.45) is -4.51. The molecule has 0 fully saturated rings. The van der Waals surface area contributed by atoms with Crippen LogP contribution in [0.1, 0.15) is 18.4 Å². The van der Waals surface area contributed by atoms with Crippen molar-refractivity contribution in [2.75, 3.05) is 7.11 Å². The van der Waals surface area contributed by atoms with E-state index in [1.165, 1.54) is 48.5 Å². The molecule has 0 aliphatic carbocycles. The number of fused-ring (bicyclic) bond motifs is 1. The maximum atomic E-state index is 14.0. The number of rotatable bonds is 7. The van der Waals surface area contributed by atoms with Gasteiger partial charge >= 0.3 is 12.1 Å². The molecule has 13 heteroatoms. The molecule has 0 spiro atoms. The Bertz CT molecular complexity index is 1630. The van der Waals surface area contributed by atoms with Crippen molar-refractivity contribution in [1.29, 1.82) is 0 Å². The Labute approximate surface area is 213 Å². The first-order valence-corrected chi connectivity index (χ1v) is 12.5. The highest BCUT2D eigenvalue weighted by Crippen LogP contribution is 2.37. The number of sulfonamides is 1. The highest BCUT2D eigenvalue weighted by Gasteiger charge is 2.31. The second-order valence-electron chi connectivity index (χ2n) is 8.11. The molecule has 2 heterocycles. The van der Waals surface area contributed by atoms with Gasteiger partial charge in [0.15, 0.2) is 0 Å². The van der Waals surface area contributed by atoms with Gasteiger partial charge in [0, 0.05) is 23.7 Å². The number of methoxy groups -OCH3 is 1. The molecule has 0 bridgehead atoms. The van der Waals surface area contributed by atoms with Gasteiger partial charge in [0.25, 0.3) is 10.0 Å². The third-order valence-electron chi connectivity index (χ3n) is 5.54. The topological polar surface area (TPSA) is 107 Å². The van der Waals surface area contributed by atoms with Crippen molar-refractivity contribution in [2.45, 2.75) is 23.9 Å². The van der Waals surface area contributed by atoms with Crippen LogP contribution in [-0.4, -0.2) is 37.0 Å². The largest absolute Gasteiger partial charge is 0.469 e. The molecule has 0 aliphatic rings. The van der Waals surface area contributed by atoms with E-state index in [4.69, 9.17) is 0 Å². The van der Waals surface area contributed by atoms with Crippen LogP contribution in [0.2, 0.25) is 0 Å². The lowest BCUT2D eigenvalue weighted by molar-refractivity contribution is -0.142. The van der Waals surface area contributed by atoms with Gasteiger partial charge in [-0.2, -0.15) is 18.3 Å². The first-order chi connectivity index (χ1) is 17.9. The minimum atomic E-state index is -4.61. The molecule has 4 rings (SSSR count). The van der Waals surface area contributed by atoms with Crippen molar-refractivity contribution in [1.82, 2.24) is 14.3 Å². The molecule has 1 amide bonds. The first-order valence-electron chi connectivity index (χ1n) is 11.0. The number of hydrogen-bond acceptors (Lipinski definition) is 6. The Morgan fingerprint density at radius 1 is 1.00 bits per heavy atom. The number of ether oxygens (including phenoxy) is 1. The second-order valence-corrected chi connectivity index (χ2v) is 9.79. The van der Waals surface area contributed by atoms with Crippen LogP contribution in [0, 0.1) is 5.82 Å². The molecule has 2 aromatic carbocycles. The standard InChI is InChI=1S/C25H19F4N3O5S/c1-37-22(34)12-11-21(33)31-38(35,36)19-8-5-15(6-9-19)23-20-10-7-17(25(27,28)29)14-32(20)30-24(23)16-3-2-4-18(26)13-16/h2-10,13-14H,11-12H2,1H3,(H,31,33). The summed E-state index contributed by atoms with van der Waals surface area (Å²) in [5.41, 5.74) is 0.533. The van der Waals surface area contributed by atoms with E-state index in [0.29, 0.717) is 16.7 Å². The molecule has 0 aliphatic heterocycles. The van der Waals surface area contributed by atoms with Gasteiger partial charge < -0.3 is 4.74 Å². The highest BCUT2D eigenvalue weighted by atomic mass is 32.2. The van der Waals surface area contributed by atoms with Gasteiger partial charge in [0.1, 0.15) is 11.5 Å². The average Bonchev–Trinajstić information content (AvgIpc) is 3.25. The number of carbonyl (C=O) groups excluding carboxylic acids is 2. The van der Waals surface area contributed by atoms with E-state index in [1.54, 1.807) is 6.07 Å². The highest BCUT2D eigenvalue weighted by molar-refractivity contribution is 7.90.